The minimum Gasteiger partial charge on any atom is -0.334 e. The molecule has 1 aliphatic heterocycles. The topological polar surface area (TPSA) is 65.1 Å². The number of piperazine rings is 1. The molecule has 6 heteroatoms. The summed E-state index contributed by atoms with van der Waals surface area (Å²) in [5, 5.41) is 0. The van der Waals surface area contributed by atoms with Crippen molar-refractivity contribution in [3.63, 3.8) is 0 Å². The van der Waals surface area contributed by atoms with Crippen molar-refractivity contribution >= 4 is 5.91 Å². The highest BCUT2D eigenvalue weighted by molar-refractivity contribution is 5.93. The van der Waals surface area contributed by atoms with Gasteiger partial charge in [0.1, 0.15) is 11.5 Å². The highest BCUT2D eigenvalue weighted by Crippen LogP contribution is 2.18. The number of pyridine rings is 1. The maximum atomic E-state index is 12.9. The van der Waals surface area contributed by atoms with E-state index < -0.39 is 0 Å². The van der Waals surface area contributed by atoms with Crippen LogP contribution in [0.2, 0.25) is 0 Å². The molecule has 6 nitrogen and oxygen atoms in total. The summed E-state index contributed by atoms with van der Waals surface area (Å²) in [6, 6.07) is 14.0. The maximum Gasteiger partial charge on any atom is 0.272 e. The number of hydrogen-bond acceptors (Lipinski definition) is 4. The minimum absolute atomic E-state index is 0.0122. The predicted molar refractivity (Wildman–Crippen MR) is 104 cm³/mol. The summed E-state index contributed by atoms with van der Waals surface area (Å²) in [5.74, 6) is 0.736. The van der Waals surface area contributed by atoms with E-state index in [0.717, 1.165) is 31.0 Å². The fourth-order valence-electron chi connectivity index (χ4n) is 3.56. The van der Waals surface area contributed by atoms with Crippen molar-refractivity contribution < 1.29 is 4.79 Å². The van der Waals surface area contributed by atoms with E-state index in [-0.39, 0.29) is 11.9 Å². The first-order valence-corrected chi connectivity index (χ1v) is 9.23. The molecule has 138 valence electrons. The van der Waals surface area contributed by atoms with Gasteiger partial charge in [-0.2, -0.15) is 0 Å². The summed E-state index contributed by atoms with van der Waals surface area (Å²) < 4.78 is 0. The molecule has 1 amide bonds. The van der Waals surface area contributed by atoms with E-state index in [1.807, 2.05) is 47.5 Å². The van der Waals surface area contributed by atoms with E-state index in [1.165, 1.54) is 5.56 Å². The molecule has 0 saturated carbocycles. The number of rotatable bonds is 4. The van der Waals surface area contributed by atoms with Crippen LogP contribution in [-0.2, 0) is 6.54 Å². The third kappa shape index (κ3) is 3.90. The van der Waals surface area contributed by atoms with Crippen LogP contribution >= 0.6 is 0 Å². The van der Waals surface area contributed by atoms with Gasteiger partial charge < -0.3 is 9.88 Å². The summed E-state index contributed by atoms with van der Waals surface area (Å²) in [7, 11) is 0. The number of aromatic amines is 1. The first-order chi connectivity index (χ1) is 13.2. The molecular weight excluding hydrogens is 338 g/mol. The van der Waals surface area contributed by atoms with Gasteiger partial charge in [-0.25, -0.2) is 4.98 Å². The fourth-order valence-corrected chi connectivity index (χ4v) is 3.56. The number of carbonyl (C=O) groups excluding carboxylic acids is 1. The number of imidazole rings is 1. The molecule has 3 aromatic rings. The van der Waals surface area contributed by atoms with E-state index in [1.54, 1.807) is 12.4 Å². The van der Waals surface area contributed by atoms with Gasteiger partial charge in [0, 0.05) is 50.2 Å². The van der Waals surface area contributed by atoms with Gasteiger partial charge in [0.25, 0.3) is 5.91 Å². The minimum atomic E-state index is 0.0122. The first kappa shape index (κ1) is 17.4. The van der Waals surface area contributed by atoms with Gasteiger partial charge in [0.2, 0.25) is 0 Å². The average Bonchev–Trinajstić information content (AvgIpc) is 3.19. The highest BCUT2D eigenvalue weighted by atomic mass is 16.2. The molecular formula is C21H23N5O. The Labute approximate surface area is 158 Å². The van der Waals surface area contributed by atoms with Gasteiger partial charge in [-0.15, -0.1) is 0 Å². The van der Waals surface area contributed by atoms with Crippen molar-refractivity contribution in [2.45, 2.75) is 19.5 Å². The third-order valence-corrected chi connectivity index (χ3v) is 4.95. The SMILES string of the molecule is CC1CN(Cc2cccnc2)CCN1C(=O)c1cnc(-c2ccccc2)[nH]1. The molecule has 1 aromatic carbocycles. The molecule has 1 fully saturated rings. The van der Waals surface area contributed by atoms with E-state index in [2.05, 4.69) is 32.8 Å². The zero-order valence-corrected chi connectivity index (χ0v) is 15.4. The second-order valence-electron chi connectivity index (χ2n) is 6.96. The van der Waals surface area contributed by atoms with Crippen molar-refractivity contribution in [2.24, 2.45) is 0 Å². The number of H-pyrrole nitrogens is 1. The Kier molecular flexibility index (Phi) is 4.98. The predicted octanol–water partition coefficient (Wildman–Crippen LogP) is 2.82. The van der Waals surface area contributed by atoms with Crippen LogP contribution in [0.25, 0.3) is 11.4 Å². The molecule has 0 radical (unpaired) electrons. The van der Waals surface area contributed by atoms with Crippen molar-refractivity contribution in [3.8, 4) is 11.4 Å². The van der Waals surface area contributed by atoms with Gasteiger partial charge in [-0.05, 0) is 18.6 Å². The van der Waals surface area contributed by atoms with Crippen LogP contribution in [0.1, 0.15) is 23.0 Å². The Bertz CT molecular complexity index is 893. The number of benzene rings is 1. The Morgan fingerprint density at radius 2 is 2.00 bits per heavy atom. The highest BCUT2D eigenvalue weighted by Gasteiger charge is 2.29. The molecule has 1 saturated heterocycles. The van der Waals surface area contributed by atoms with E-state index in [4.69, 9.17) is 0 Å². The number of nitrogens with one attached hydrogen (secondary N) is 1. The summed E-state index contributed by atoms with van der Waals surface area (Å²) in [4.78, 5) is 29.0. The van der Waals surface area contributed by atoms with Gasteiger partial charge in [-0.3, -0.25) is 14.7 Å². The molecule has 2 aromatic heterocycles. The Morgan fingerprint density at radius 1 is 1.15 bits per heavy atom. The van der Waals surface area contributed by atoms with E-state index in [0.29, 0.717) is 12.2 Å². The largest absolute Gasteiger partial charge is 0.334 e. The van der Waals surface area contributed by atoms with Crippen LogP contribution in [-0.4, -0.2) is 56.3 Å². The lowest BCUT2D eigenvalue weighted by molar-refractivity contribution is 0.0470. The smallest absolute Gasteiger partial charge is 0.272 e. The van der Waals surface area contributed by atoms with Gasteiger partial charge >= 0.3 is 0 Å². The molecule has 27 heavy (non-hydrogen) atoms. The van der Waals surface area contributed by atoms with Crippen LogP contribution in [0, 0.1) is 0 Å². The molecule has 1 aliphatic rings. The lowest BCUT2D eigenvalue weighted by atomic mass is 10.1. The van der Waals surface area contributed by atoms with Crippen molar-refractivity contribution in [3.05, 3.63) is 72.3 Å². The lowest BCUT2D eigenvalue weighted by Crippen LogP contribution is -2.53. The summed E-state index contributed by atoms with van der Waals surface area (Å²) in [6.45, 7) is 5.37. The van der Waals surface area contributed by atoms with Crippen LogP contribution < -0.4 is 0 Å². The normalized spacial score (nSPS) is 17.8. The summed E-state index contributed by atoms with van der Waals surface area (Å²) >= 11 is 0. The second-order valence-corrected chi connectivity index (χ2v) is 6.96. The van der Waals surface area contributed by atoms with Gasteiger partial charge in [0.15, 0.2) is 0 Å². The van der Waals surface area contributed by atoms with Crippen LogP contribution in [0.3, 0.4) is 0 Å². The second kappa shape index (κ2) is 7.72. The van der Waals surface area contributed by atoms with Gasteiger partial charge in [0.05, 0.1) is 6.20 Å². The number of aromatic nitrogens is 3. The maximum absolute atomic E-state index is 12.9. The zero-order valence-electron chi connectivity index (χ0n) is 15.4. The Balaban J connectivity index is 1.41. The number of carbonyl (C=O) groups is 1. The van der Waals surface area contributed by atoms with Gasteiger partial charge in [-0.1, -0.05) is 36.4 Å². The number of nitrogens with zero attached hydrogens (tertiary/aromatic N) is 4. The summed E-state index contributed by atoms with van der Waals surface area (Å²) in [5.41, 5.74) is 2.72. The number of hydrogen-bond donors (Lipinski definition) is 1. The zero-order chi connectivity index (χ0) is 18.6. The number of amides is 1. The Morgan fingerprint density at radius 3 is 2.74 bits per heavy atom. The van der Waals surface area contributed by atoms with E-state index in [9.17, 15) is 4.79 Å². The average molecular weight is 361 g/mol. The Hall–Kier alpha value is -2.99. The van der Waals surface area contributed by atoms with Crippen LogP contribution in [0.4, 0.5) is 0 Å². The van der Waals surface area contributed by atoms with E-state index >= 15 is 0 Å². The molecule has 1 unspecified atom stereocenters. The fraction of sp³-hybridized carbons (Fsp3) is 0.286. The van der Waals surface area contributed by atoms with Crippen molar-refractivity contribution in [1.82, 2.24) is 24.8 Å². The third-order valence-electron chi connectivity index (χ3n) is 4.95. The molecule has 0 aliphatic carbocycles. The summed E-state index contributed by atoms with van der Waals surface area (Å²) in [6.07, 6.45) is 5.33. The molecule has 4 rings (SSSR count). The van der Waals surface area contributed by atoms with Crippen LogP contribution in [0.5, 0.6) is 0 Å². The lowest BCUT2D eigenvalue weighted by Gasteiger charge is -2.39. The molecule has 1 N–H and O–H groups in total. The van der Waals surface area contributed by atoms with Crippen molar-refractivity contribution in [1.29, 1.82) is 0 Å². The monoisotopic (exact) mass is 361 g/mol. The standard InChI is InChI=1S/C21H23N5O/c1-16-14-25(15-17-6-5-9-22-12-17)10-11-26(16)21(27)19-13-23-20(24-19)18-7-3-2-4-8-18/h2-9,12-13,16H,10-11,14-15H2,1H3,(H,23,24). The van der Waals surface area contributed by atoms with Crippen LogP contribution in [0.15, 0.2) is 61.1 Å². The molecule has 3 heterocycles. The molecule has 1 atom stereocenters. The molecule has 0 spiro atoms. The van der Waals surface area contributed by atoms with Crippen molar-refractivity contribution in [2.75, 3.05) is 19.6 Å². The quantitative estimate of drug-likeness (QED) is 0.776. The molecule has 0 bridgehead atoms. The first-order valence-electron chi connectivity index (χ1n) is 9.23.